The van der Waals surface area contributed by atoms with Crippen LogP contribution in [-0.2, 0) is 0 Å². The smallest absolute Gasteiger partial charge is 0.0610 e. The van der Waals surface area contributed by atoms with Crippen molar-refractivity contribution in [2.75, 3.05) is 0 Å². The summed E-state index contributed by atoms with van der Waals surface area (Å²) in [5.74, 6) is 0. The van der Waals surface area contributed by atoms with Crippen LogP contribution >= 0.6 is 0 Å². The molecule has 0 aromatic heterocycles. The lowest BCUT2D eigenvalue weighted by atomic mass is 9.91. The van der Waals surface area contributed by atoms with Crippen molar-refractivity contribution in [3.63, 3.8) is 0 Å². The molecule has 0 bridgehead atoms. The number of fused-ring (bicyclic) bond motifs is 4. The molecule has 0 aliphatic heterocycles. The van der Waals surface area contributed by atoms with Crippen molar-refractivity contribution in [1.82, 2.24) is 0 Å². The number of rotatable bonds is 0. The van der Waals surface area contributed by atoms with Crippen molar-refractivity contribution in [2.24, 2.45) is 0 Å². The third kappa shape index (κ3) is 1.19. The maximum absolute atomic E-state index is 2.36. The highest BCUT2D eigenvalue weighted by molar-refractivity contribution is 6.15. The molecule has 0 saturated carbocycles. The normalized spacial score (nSPS) is 14.0. The Bertz CT molecular complexity index is 892. The lowest BCUT2D eigenvalue weighted by Crippen LogP contribution is -1.93. The maximum atomic E-state index is 2.36. The molecular weight excluding hydrogens is 240 g/mol. The number of benzene rings is 3. The summed E-state index contributed by atoms with van der Waals surface area (Å²) >= 11 is 0. The zero-order chi connectivity index (χ0) is 13.1. The third-order valence-electron chi connectivity index (χ3n) is 4.48. The maximum Gasteiger partial charge on any atom is 0.138 e. The summed E-state index contributed by atoms with van der Waals surface area (Å²) in [6.07, 6.45) is 7.85. The fourth-order valence-electron chi connectivity index (χ4n) is 3.58. The van der Waals surface area contributed by atoms with Gasteiger partial charge in [-0.2, -0.15) is 0 Å². The van der Waals surface area contributed by atoms with Gasteiger partial charge in [0.1, 0.15) is 5.56 Å². The van der Waals surface area contributed by atoms with Crippen molar-refractivity contribution in [1.29, 1.82) is 0 Å². The van der Waals surface area contributed by atoms with Gasteiger partial charge in [-0.1, -0.05) is 42.5 Å². The van der Waals surface area contributed by atoms with Gasteiger partial charge in [-0.25, -0.2) is 0 Å². The largest absolute Gasteiger partial charge is 0.138 e. The van der Waals surface area contributed by atoms with E-state index in [0.29, 0.717) is 0 Å². The van der Waals surface area contributed by atoms with E-state index in [2.05, 4.69) is 67.1 Å². The molecule has 20 heavy (non-hydrogen) atoms. The summed E-state index contributed by atoms with van der Waals surface area (Å²) in [4.78, 5) is 0. The van der Waals surface area contributed by atoms with E-state index in [1.54, 1.807) is 0 Å². The highest BCUT2D eigenvalue weighted by Crippen LogP contribution is 2.48. The summed E-state index contributed by atoms with van der Waals surface area (Å²) in [6.45, 7) is 0. The van der Waals surface area contributed by atoms with Gasteiger partial charge < -0.3 is 0 Å². The standard InChI is InChI=1S/C20H13/c1-2-6-15-12-19-17-10-4-8-13-7-3-9-16(20(13)17)18(19)11-14(15)5-1/h1,3-12H,2H2/q+1. The molecule has 0 unspecified atom stereocenters. The molecule has 2 aliphatic carbocycles. The van der Waals surface area contributed by atoms with Gasteiger partial charge in [0, 0.05) is 41.7 Å². The lowest BCUT2D eigenvalue weighted by molar-refractivity contribution is 1.22. The number of allylic oxidation sites excluding steroid dienone is 1. The lowest BCUT2D eigenvalue weighted by Gasteiger charge is -2.06. The molecule has 2 aliphatic rings. The van der Waals surface area contributed by atoms with Crippen LogP contribution in [0.5, 0.6) is 0 Å². The van der Waals surface area contributed by atoms with Crippen LogP contribution in [-0.4, -0.2) is 0 Å². The molecule has 0 saturated heterocycles. The molecule has 0 atom stereocenters. The molecule has 0 heterocycles. The van der Waals surface area contributed by atoms with Crippen LogP contribution in [0.2, 0.25) is 0 Å². The quantitative estimate of drug-likeness (QED) is 0.365. The SMILES string of the molecule is C1=Cc2cc3c(cc2[CH+]C1)-c1cccc2cccc-3c12. The molecule has 0 nitrogen and oxygen atoms in total. The van der Waals surface area contributed by atoms with Gasteiger partial charge in [0.25, 0.3) is 0 Å². The van der Waals surface area contributed by atoms with E-state index in [4.69, 9.17) is 0 Å². The fourth-order valence-corrected chi connectivity index (χ4v) is 3.58. The Kier molecular flexibility index (Phi) is 1.83. The van der Waals surface area contributed by atoms with Gasteiger partial charge in [-0.05, 0) is 16.3 Å². The molecule has 0 spiro atoms. The predicted octanol–water partition coefficient (Wildman–Crippen LogP) is 5.46. The highest BCUT2D eigenvalue weighted by atomic mass is 14.3. The zero-order valence-corrected chi connectivity index (χ0v) is 11.1. The monoisotopic (exact) mass is 253 g/mol. The Balaban J connectivity index is 1.94. The number of hydrogen-bond donors (Lipinski definition) is 0. The zero-order valence-electron chi connectivity index (χ0n) is 11.1. The Morgan fingerprint density at radius 1 is 0.800 bits per heavy atom. The van der Waals surface area contributed by atoms with E-state index < -0.39 is 0 Å². The predicted molar refractivity (Wildman–Crippen MR) is 85.4 cm³/mol. The Hall–Kier alpha value is -2.47. The van der Waals surface area contributed by atoms with E-state index in [1.165, 1.54) is 44.2 Å². The van der Waals surface area contributed by atoms with Gasteiger partial charge in [-0.15, -0.1) is 0 Å². The van der Waals surface area contributed by atoms with Crippen LogP contribution in [0.4, 0.5) is 0 Å². The first-order chi connectivity index (χ1) is 9.92. The summed E-state index contributed by atoms with van der Waals surface area (Å²) in [6, 6.07) is 18.0. The van der Waals surface area contributed by atoms with Crippen LogP contribution in [0, 0.1) is 6.42 Å². The first-order valence-corrected chi connectivity index (χ1v) is 7.12. The van der Waals surface area contributed by atoms with Crippen molar-refractivity contribution in [2.45, 2.75) is 6.42 Å². The summed E-state index contributed by atoms with van der Waals surface area (Å²) in [5.41, 5.74) is 8.27. The molecule has 0 fully saturated rings. The van der Waals surface area contributed by atoms with E-state index in [9.17, 15) is 0 Å². The molecule has 0 N–H and O–H groups in total. The average molecular weight is 253 g/mol. The van der Waals surface area contributed by atoms with Crippen LogP contribution < -0.4 is 0 Å². The molecule has 0 radical (unpaired) electrons. The Labute approximate surface area is 118 Å². The minimum atomic E-state index is 1.04. The van der Waals surface area contributed by atoms with E-state index >= 15 is 0 Å². The van der Waals surface area contributed by atoms with Gasteiger partial charge in [-0.3, -0.25) is 0 Å². The Morgan fingerprint density at radius 3 is 2.35 bits per heavy atom. The minimum Gasteiger partial charge on any atom is -0.0610 e. The van der Waals surface area contributed by atoms with Crippen LogP contribution in [0.25, 0.3) is 39.1 Å². The summed E-state index contributed by atoms with van der Waals surface area (Å²) < 4.78 is 0. The second kappa shape index (κ2) is 3.55. The van der Waals surface area contributed by atoms with Gasteiger partial charge in [0.05, 0.1) is 11.6 Å². The molecular formula is C20H13+. The average Bonchev–Trinajstić information content (AvgIpc) is 2.82. The second-order valence-electron chi connectivity index (χ2n) is 5.58. The van der Waals surface area contributed by atoms with E-state index in [1.807, 2.05) is 0 Å². The topological polar surface area (TPSA) is 0 Å². The fraction of sp³-hybridized carbons (Fsp3) is 0.0500. The summed E-state index contributed by atoms with van der Waals surface area (Å²) in [7, 11) is 0. The second-order valence-corrected chi connectivity index (χ2v) is 5.58. The number of hydrogen-bond acceptors (Lipinski definition) is 0. The minimum absolute atomic E-state index is 1.04. The van der Waals surface area contributed by atoms with Gasteiger partial charge >= 0.3 is 0 Å². The van der Waals surface area contributed by atoms with Crippen molar-refractivity contribution in [3.8, 4) is 22.3 Å². The van der Waals surface area contributed by atoms with Gasteiger partial charge in [0.2, 0.25) is 0 Å². The van der Waals surface area contributed by atoms with Crippen molar-refractivity contribution in [3.05, 3.63) is 72.2 Å². The molecule has 92 valence electrons. The molecule has 5 rings (SSSR count). The first kappa shape index (κ1) is 10.3. The molecule has 3 aromatic carbocycles. The molecule has 0 heteroatoms. The highest BCUT2D eigenvalue weighted by Gasteiger charge is 2.26. The van der Waals surface area contributed by atoms with E-state index in [-0.39, 0.29) is 0 Å². The third-order valence-corrected chi connectivity index (χ3v) is 4.48. The van der Waals surface area contributed by atoms with Crippen LogP contribution in [0.15, 0.2) is 54.6 Å². The van der Waals surface area contributed by atoms with Crippen molar-refractivity contribution < 1.29 is 0 Å². The van der Waals surface area contributed by atoms with Crippen LogP contribution in [0.1, 0.15) is 17.5 Å². The molecule has 3 aromatic rings. The van der Waals surface area contributed by atoms with Gasteiger partial charge in [0.15, 0.2) is 0 Å². The summed E-state index contributed by atoms with van der Waals surface area (Å²) in [5, 5.41) is 2.75. The first-order valence-electron chi connectivity index (χ1n) is 7.12. The molecule has 0 amide bonds. The Morgan fingerprint density at radius 2 is 1.55 bits per heavy atom. The van der Waals surface area contributed by atoms with E-state index in [0.717, 1.165) is 6.42 Å². The van der Waals surface area contributed by atoms with Crippen LogP contribution in [0.3, 0.4) is 0 Å². The van der Waals surface area contributed by atoms with Crippen molar-refractivity contribution >= 4 is 16.8 Å².